The number of morpholine rings is 2. The van der Waals surface area contributed by atoms with Gasteiger partial charge < -0.3 is 9.47 Å². The molecule has 6 heteroatoms. The third-order valence-corrected chi connectivity index (χ3v) is 3.12. The maximum Gasteiger partial charge on any atom is 0.272 e. The Labute approximate surface area is 100 Å². The first-order chi connectivity index (χ1) is 8.16. The average molecular weight is 250 g/mol. The van der Waals surface area contributed by atoms with Gasteiger partial charge in [0.2, 0.25) is 0 Å². The summed E-state index contributed by atoms with van der Waals surface area (Å²) in [6.45, 7) is 4.37. The summed E-state index contributed by atoms with van der Waals surface area (Å²) in [5.74, 6) is -2.64. The summed E-state index contributed by atoms with van der Waals surface area (Å²) in [5, 5.41) is 0. The molecule has 2 saturated heterocycles. The monoisotopic (exact) mass is 250 g/mol. The van der Waals surface area contributed by atoms with Crippen LogP contribution in [0.4, 0.5) is 8.78 Å². The summed E-state index contributed by atoms with van der Waals surface area (Å²) in [6, 6.07) is 0. The number of hydrogen-bond donors (Lipinski definition) is 0. The van der Waals surface area contributed by atoms with Crippen molar-refractivity contribution in [2.45, 2.75) is 5.92 Å². The Kier molecular flexibility index (Phi) is 4.67. The zero-order valence-electron chi connectivity index (χ0n) is 10.0. The molecule has 0 aromatic rings. The summed E-state index contributed by atoms with van der Waals surface area (Å²) in [5.41, 5.74) is 0. The number of hydrogen-bond acceptors (Lipinski definition) is 4. The Morgan fingerprint density at radius 2 is 1.12 bits per heavy atom. The topological polar surface area (TPSA) is 24.9 Å². The molecule has 0 saturated carbocycles. The fraction of sp³-hybridized carbons (Fsp3) is 1.00. The molecule has 0 aromatic carbocycles. The zero-order valence-corrected chi connectivity index (χ0v) is 10.0. The average Bonchev–Trinajstić information content (AvgIpc) is 2.30. The Morgan fingerprint density at radius 3 is 1.47 bits per heavy atom. The van der Waals surface area contributed by atoms with Crippen LogP contribution in [-0.2, 0) is 9.47 Å². The first-order valence-electron chi connectivity index (χ1n) is 6.14. The van der Waals surface area contributed by atoms with E-state index in [1.165, 1.54) is 0 Å². The second kappa shape index (κ2) is 6.04. The van der Waals surface area contributed by atoms with E-state index in [1.807, 2.05) is 0 Å². The lowest BCUT2D eigenvalue weighted by Gasteiger charge is -2.34. The van der Waals surface area contributed by atoms with E-state index in [-0.39, 0.29) is 13.1 Å². The highest BCUT2D eigenvalue weighted by Crippen LogP contribution is 2.18. The van der Waals surface area contributed by atoms with E-state index in [1.54, 1.807) is 9.80 Å². The van der Waals surface area contributed by atoms with Crippen LogP contribution in [0.5, 0.6) is 0 Å². The van der Waals surface area contributed by atoms with Gasteiger partial charge in [0.05, 0.1) is 39.5 Å². The molecule has 17 heavy (non-hydrogen) atoms. The summed E-state index contributed by atoms with van der Waals surface area (Å²) >= 11 is 0. The molecule has 0 N–H and O–H groups in total. The van der Waals surface area contributed by atoms with Crippen LogP contribution < -0.4 is 0 Å². The normalized spacial score (nSPS) is 25.1. The molecule has 0 spiro atoms. The molecule has 4 nitrogen and oxygen atoms in total. The van der Waals surface area contributed by atoms with Crippen LogP contribution in [0.25, 0.3) is 0 Å². The van der Waals surface area contributed by atoms with E-state index in [0.29, 0.717) is 52.6 Å². The van der Waals surface area contributed by atoms with Crippen molar-refractivity contribution < 1.29 is 18.3 Å². The highest BCUT2D eigenvalue weighted by atomic mass is 19.3. The first-order valence-corrected chi connectivity index (χ1v) is 6.14. The van der Waals surface area contributed by atoms with Crippen LogP contribution in [0.3, 0.4) is 0 Å². The Hall–Kier alpha value is -0.300. The number of halogens is 2. The lowest BCUT2D eigenvalue weighted by molar-refractivity contribution is -0.0871. The van der Waals surface area contributed by atoms with E-state index >= 15 is 0 Å². The molecule has 100 valence electrons. The standard InChI is InChI=1S/C11H20F2N2O2/c12-11(13,9-14-1-5-16-6-2-14)10-15-3-7-17-8-4-15/h1-10H2. The van der Waals surface area contributed by atoms with Crippen LogP contribution in [-0.4, -0.2) is 81.4 Å². The second-order valence-electron chi connectivity index (χ2n) is 4.63. The van der Waals surface area contributed by atoms with Gasteiger partial charge in [0.25, 0.3) is 5.92 Å². The number of alkyl halides is 2. The Morgan fingerprint density at radius 1 is 0.765 bits per heavy atom. The van der Waals surface area contributed by atoms with Gasteiger partial charge in [-0.2, -0.15) is 0 Å². The minimum absolute atomic E-state index is 0.159. The van der Waals surface area contributed by atoms with Crippen LogP contribution in [0, 0.1) is 0 Å². The minimum Gasteiger partial charge on any atom is -0.379 e. The van der Waals surface area contributed by atoms with E-state index in [2.05, 4.69) is 0 Å². The van der Waals surface area contributed by atoms with Crippen molar-refractivity contribution in [3.63, 3.8) is 0 Å². The van der Waals surface area contributed by atoms with E-state index < -0.39 is 5.92 Å². The second-order valence-corrected chi connectivity index (χ2v) is 4.63. The molecular weight excluding hydrogens is 230 g/mol. The van der Waals surface area contributed by atoms with Gasteiger partial charge in [-0.15, -0.1) is 0 Å². The molecule has 0 amide bonds. The van der Waals surface area contributed by atoms with Gasteiger partial charge in [-0.1, -0.05) is 0 Å². The van der Waals surface area contributed by atoms with Gasteiger partial charge in [0.1, 0.15) is 0 Å². The fourth-order valence-corrected chi connectivity index (χ4v) is 2.22. The van der Waals surface area contributed by atoms with Gasteiger partial charge in [0.15, 0.2) is 0 Å². The van der Waals surface area contributed by atoms with E-state index in [9.17, 15) is 8.78 Å². The van der Waals surface area contributed by atoms with Gasteiger partial charge in [-0.3, -0.25) is 9.80 Å². The summed E-state index contributed by atoms with van der Waals surface area (Å²) < 4.78 is 38.0. The van der Waals surface area contributed by atoms with Crippen molar-refractivity contribution in [1.82, 2.24) is 9.80 Å². The summed E-state index contributed by atoms with van der Waals surface area (Å²) in [7, 11) is 0. The van der Waals surface area contributed by atoms with Crippen molar-refractivity contribution >= 4 is 0 Å². The van der Waals surface area contributed by atoms with Crippen molar-refractivity contribution in [2.75, 3.05) is 65.7 Å². The van der Waals surface area contributed by atoms with Crippen molar-refractivity contribution in [3.8, 4) is 0 Å². The largest absolute Gasteiger partial charge is 0.379 e. The predicted octanol–water partition coefficient (Wildman–Crippen LogP) is 0.286. The molecular formula is C11H20F2N2O2. The van der Waals surface area contributed by atoms with Crippen molar-refractivity contribution in [1.29, 1.82) is 0 Å². The van der Waals surface area contributed by atoms with Crippen LogP contribution in [0.1, 0.15) is 0 Å². The maximum atomic E-state index is 13.8. The Balaban J connectivity index is 1.75. The van der Waals surface area contributed by atoms with Gasteiger partial charge in [-0.05, 0) is 0 Å². The molecule has 0 bridgehead atoms. The van der Waals surface area contributed by atoms with Crippen molar-refractivity contribution in [3.05, 3.63) is 0 Å². The summed E-state index contributed by atoms with van der Waals surface area (Å²) in [6.07, 6.45) is 0. The molecule has 0 radical (unpaired) electrons. The SMILES string of the molecule is FC(F)(CN1CCOCC1)CN1CCOCC1. The molecule has 0 atom stereocenters. The van der Waals surface area contributed by atoms with E-state index in [0.717, 1.165) is 0 Å². The van der Waals surface area contributed by atoms with Crippen LogP contribution >= 0.6 is 0 Å². The lowest BCUT2D eigenvalue weighted by Crippen LogP contribution is -2.50. The van der Waals surface area contributed by atoms with Gasteiger partial charge in [0, 0.05) is 26.2 Å². The number of rotatable bonds is 4. The maximum absolute atomic E-state index is 13.8. The quantitative estimate of drug-likeness (QED) is 0.716. The Bertz CT molecular complexity index is 208. The van der Waals surface area contributed by atoms with Crippen molar-refractivity contribution in [2.24, 2.45) is 0 Å². The molecule has 2 aliphatic heterocycles. The smallest absolute Gasteiger partial charge is 0.272 e. The molecule has 2 rings (SSSR count). The lowest BCUT2D eigenvalue weighted by atomic mass is 10.2. The third-order valence-electron chi connectivity index (χ3n) is 3.12. The summed E-state index contributed by atoms with van der Waals surface area (Å²) in [4.78, 5) is 3.56. The first kappa shape index (κ1) is 13.1. The fourth-order valence-electron chi connectivity index (χ4n) is 2.22. The zero-order chi connectivity index (χ0) is 12.1. The number of ether oxygens (including phenoxy) is 2. The molecule has 2 fully saturated rings. The minimum atomic E-state index is -2.64. The molecule has 0 aliphatic carbocycles. The number of nitrogens with zero attached hydrogens (tertiary/aromatic N) is 2. The van der Waals surface area contributed by atoms with Gasteiger partial charge in [-0.25, -0.2) is 8.78 Å². The molecule has 0 aromatic heterocycles. The predicted molar refractivity (Wildman–Crippen MR) is 59.5 cm³/mol. The van der Waals surface area contributed by atoms with Gasteiger partial charge >= 0.3 is 0 Å². The molecule has 2 heterocycles. The third kappa shape index (κ3) is 4.46. The highest BCUT2D eigenvalue weighted by molar-refractivity contribution is 4.79. The van der Waals surface area contributed by atoms with Crippen LogP contribution in [0.2, 0.25) is 0 Å². The molecule has 0 unspecified atom stereocenters. The molecule has 2 aliphatic rings. The van der Waals surface area contributed by atoms with Crippen LogP contribution in [0.15, 0.2) is 0 Å². The highest BCUT2D eigenvalue weighted by Gasteiger charge is 2.34. The van der Waals surface area contributed by atoms with E-state index in [4.69, 9.17) is 9.47 Å².